The SMILES string of the molecule is c1cnn(CC2CCCCN2)n1. The van der Waals surface area contributed by atoms with Crippen LogP contribution in [0, 0.1) is 0 Å². The van der Waals surface area contributed by atoms with Crippen LogP contribution in [0.3, 0.4) is 0 Å². The van der Waals surface area contributed by atoms with Crippen LogP contribution in [0.1, 0.15) is 19.3 Å². The Labute approximate surface area is 72.0 Å². The molecule has 1 fully saturated rings. The second-order valence-electron chi connectivity index (χ2n) is 3.23. The molecule has 1 N–H and O–H groups in total. The zero-order valence-electron chi connectivity index (χ0n) is 7.11. The molecule has 4 heteroatoms. The van der Waals surface area contributed by atoms with Crippen molar-refractivity contribution in [2.24, 2.45) is 0 Å². The summed E-state index contributed by atoms with van der Waals surface area (Å²) in [4.78, 5) is 1.75. The minimum Gasteiger partial charge on any atom is -0.312 e. The zero-order valence-corrected chi connectivity index (χ0v) is 7.11. The first-order valence-corrected chi connectivity index (χ1v) is 4.52. The summed E-state index contributed by atoms with van der Waals surface area (Å²) in [7, 11) is 0. The summed E-state index contributed by atoms with van der Waals surface area (Å²) >= 11 is 0. The van der Waals surface area contributed by atoms with Crippen molar-refractivity contribution in [3.63, 3.8) is 0 Å². The predicted octanol–water partition coefficient (Wildman–Crippen LogP) is 0.420. The lowest BCUT2D eigenvalue weighted by Gasteiger charge is -2.22. The van der Waals surface area contributed by atoms with Gasteiger partial charge in [0.15, 0.2) is 0 Å². The maximum absolute atomic E-state index is 4.08. The molecule has 1 unspecified atom stereocenters. The van der Waals surface area contributed by atoms with E-state index in [1.165, 1.54) is 19.3 Å². The molecule has 0 saturated carbocycles. The maximum Gasteiger partial charge on any atom is 0.0760 e. The van der Waals surface area contributed by atoms with E-state index < -0.39 is 0 Å². The molecular formula is C8H14N4. The smallest absolute Gasteiger partial charge is 0.0760 e. The van der Waals surface area contributed by atoms with E-state index in [9.17, 15) is 0 Å². The minimum atomic E-state index is 0.575. The summed E-state index contributed by atoms with van der Waals surface area (Å²) in [6.07, 6.45) is 7.34. The van der Waals surface area contributed by atoms with Crippen LogP contribution in [-0.2, 0) is 6.54 Å². The molecule has 1 aromatic heterocycles. The Kier molecular flexibility index (Phi) is 2.36. The molecule has 1 saturated heterocycles. The average Bonchev–Trinajstić information content (AvgIpc) is 2.59. The fourth-order valence-corrected chi connectivity index (χ4v) is 1.61. The minimum absolute atomic E-state index is 0.575. The van der Waals surface area contributed by atoms with Crippen LogP contribution in [0.2, 0.25) is 0 Å². The van der Waals surface area contributed by atoms with Gasteiger partial charge in [-0.15, -0.1) is 0 Å². The first-order chi connectivity index (χ1) is 5.95. The molecule has 12 heavy (non-hydrogen) atoms. The molecule has 1 aliphatic rings. The van der Waals surface area contributed by atoms with Crippen LogP contribution in [0.25, 0.3) is 0 Å². The Morgan fingerprint density at radius 3 is 2.83 bits per heavy atom. The van der Waals surface area contributed by atoms with Crippen molar-refractivity contribution in [1.82, 2.24) is 20.3 Å². The quantitative estimate of drug-likeness (QED) is 0.692. The summed E-state index contributed by atoms with van der Waals surface area (Å²) in [6, 6.07) is 0.575. The van der Waals surface area contributed by atoms with Crippen LogP contribution >= 0.6 is 0 Å². The van der Waals surface area contributed by atoms with E-state index in [0.717, 1.165) is 13.1 Å². The fraction of sp³-hybridized carbons (Fsp3) is 0.750. The molecule has 1 aromatic rings. The maximum atomic E-state index is 4.08. The Hall–Kier alpha value is -0.900. The number of hydrogen-bond donors (Lipinski definition) is 1. The molecule has 0 bridgehead atoms. The van der Waals surface area contributed by atoms with Crippen molar-refractivity contribution >= 4 is 0 Å². The standard InChI is InChI=1S/C8H14N4/c1-2-4-9-8(3-1)7-12-10-5-6-11-12/h5-6,8-9H,1-4,7H2. The highest BCUT2D eigenvalue weighted by Gasteiger charge is 2.12. The third-order valence-corrected chi connectivity index (χ3v) is 2.26. The molecule has 4 nitrogen and oxygen atoms in total. The Bertz CT molecular complexity index is 213. The van der Waals surface area contributed by atoms with Crippen molar-refractivity contribution in [2.45, 2.75) is 31.8 Å². The van der Waals surface area contributed by atoms with Crippen LogP contribution in [0.15, 0.2) is 12.4 Å². The van der Waals surface area contributed by atoms with Crippen molar-refractivity contribution in [2.75, 3.05) is 6.54 Å². The van der Waals surface area contributed by atoms with Gasteiger partial charge in [-0.3, -0.25) is 0 Å². The van der Waals surface area contributed by atoms with Gasteiger partial charge in [0.2, 0.25) is 0 Å². The van der Waals surface area contributed by atoms with Gasteiger partial charge in [0.1, 0.15) is 0 Å². The van der Waals surface area contributed by atoms with E-state index in [4.69, 9.17) is 0 Å². The Morgan fingerprint density at radius 2 is 2.17 bits per heavy atom. The van der Waals surface area contributed by atoms with E-state index in [-0.39, 0.29) is 0 Å². The van der Waals surface area contributed by atoms with Gasteiger partial charge in [0.05, 0.1) is 18.9 Å². The van der Waals surface area contributed by atoms with Crippen LogP contribution < -0.4 is 5.32 Å². The molecule has 0 amide bonds. The topological polar surface area (TPSA) is 42.7 Å². The third kappa shape index (κ3) is 1.82. The van der Waals surface area contributed by atoms with Crippen molar-refractivity contribution in [3.05, 3.63) is 12.4 Å². The summed E-state index contributed by atoms with van der Waals surface area (Å²) in [5.41, 5.74) is 0. The monoisotopic (exact) mass is 166 g/mol. The second-order valence-corrected chi connectivity index (χ2v) is 3.23. The van der Waals surface area contributed by atoms with Gasteiger partial charge in [0, 0.05) is 6.04 Å². The first kappa shape index (κ1) is 7.73. The fourth-order valence-electron chi connectivity index (χ4n) is 1.61. The number of rotatable bonds is 2. The normalized spacial score (nSPS) is 24.2. The van der Waals surface area contributed by atoms with Crippen LogP contribution in [-0.4, -0.2) is 27.6 Å². The van der Waals surface area contributed by atoms with Crippen LogP contribution in [0.4, 0.5) is 0 Å². The zero-order chi connectivity index (χ0) is 8.23. The van der Waals surface area contributed by atoms with E-state index in [2.05, 4.69) is 15.5 Å². The van der Waals surface area contributed by atoms with Crippen molar-refractivity contribution in [3.8, 4) is 0 Å². The highest BCUT2D eigenvalue weighted by molar-refractivity contribution is 4.72. The lowest BCUT2D eigenvalue weighted by Crippen LogP contribution is -2.37. The van der Waals surface area contributed by atoms with Gasteiger partial charge in [-0.1, -0.05) is 6.42 Å². The number of piperidine rings is 1. The number of nitrogens with zero attached hydrogens (tertiary/aromatic N) is 3. The van der Waals surface area contributed by atoms with Crippen molar-refractivity contribution in [1.29, 1.82) is 0 Å². The molecule has 1 aliphatic heterocycles. The van der Waals surface area contributed by atoms with E-state index in [1.807, 2.05) is 0 Å². The number of aromatic nitrogens is 3. The molecule has 0 spiro atoms. The second kappa shape index (κ2) is 3.67. The lowest BCUT2D eigenvalue weighted by atomic mass is 10.1. The molecule has 0 radical (unpaired) electrons. The van der Waals surface area contributed by atoms with Gasteiger partial charge >= 0.3 is 0 Å². The van der Waals surface area contributed by atoms with E-state index in [0.29, 0.717) is 6.04 Å². The first-order valence-electron chi connectivity index (χ1n) is 4.52. The third-order valence-electron chi connectivity index (χ3n) is 2.26. The molecular weight excluding hydrogens is 152 g/mol. The lowest BCUT2D eigenvalue weighted by molar-refractivity contribution is 0.335. The highest BCUT2D eigenvalue weighted by Crippen LogP contribution is 2.07. The van der Waals surface area contributed by atoms with E-state index in [1.54, 1.807) is 17.2 Å². The Morgan fingerprint density at radius 1 is 1.33 bits per heavy atom. The highest BCUT2D eigenvalue weighted by atomic mass is 15.5. The summed E-state index contributed by atoms with van der Waals surface area (Å²) in [6.45, 7) is 2.05. The largest absolute Gasteiger partial charge is 0.312 e. The van der Waals surface area contributed by atoms with Crippen LogP contribution in [0.5, 0.6) is 0 Å². The van der Waals surface area contributed by atoms with Gasteiger partial charge in [0.25, 0.3) is 0 Å². The van der Waals surface area contributed by atoms with Gasteiger partial charge in [-0.2, -0.15) is 15.0 Å². The predicted molar refractivity (Wildman–Crippen MR) is 45.7 cm³/mol. The Balaban J connectivity index is 1.86. The molecule has 0 aromatic carbocycles. The van der Waals surface area contributed by atoms with E-state index >= 15 is 0 Å². The average molecular weight is 166 g/mol. The van der Waals surface area contributed by atoms with Crippen molar-refractivity contribution < 1.29 is 0 Å². The summed E-state index contributed by atoms with van der Waals surface area (Å²) in [5.74, 6) is 0. The number of hydrogen-bond acceptors (Lipinski definition) is 3. The van der Waals surface area contributed by atoms with Gasteiger partial charge in [-0.25, -0.2) is 0 Å². The molecule has 2 heterocycles. The summed E-state index contributed by atoms with van der Waals surface area (Å²) in [5, 5.41) is 11.6. The number of nitrogens with one attached hydrogen (secondary N) is 1. The molecule has 66 valence electrons. The molecule has 0 aliphatic carbocycles. The van der Waals surface area contributed by atoms with Gasteiger partial charge < -0.3 is 5.32 Å². The van der Waals surface area contributed by atoms with Gasteiger partial charge in [-0.05, 0) is 19.4 Å². The molecule has 1 atom stereocenters. The summed E-state index contributed by atoms with van der Waals surface area (Å²) < 4.78 is 0. The molecule has 2 rings (SSSR count).